The van der Waals surface area contributed by atoms with Gasteiger partial charge in [-0.15, -0.1) is 0 Å². The van der Waals surface area contributed by atoms with Gasteiger partial charge in [0, 0.05) is 32.4 Å². The summed E-state index contributed by atoms with van der Waals surface area (Å²) < 4.78 is 2.08. The zero-order valence-electron chi connectivity index (χ0n) is 16.7. The molecule has 0 bridgehead atoms. The lowest BCUT2D eigenvalue weighted by Crippen LogP contribution is -2.60. The smallest absolute Gasteiger partial charge is 0.239 e. The Morgan fingerprint density at radius 3 is 2.96 bits per heavy atom. The molecule has 1 atom stereocenters. The number of nitrogens with zero attached hydrogens (tertiary/aromatic N) is 3. The van der Waals surface area contributed by atoms with Gasteiger partial charge in [-0.25, -0.2) is 4.98 Å². The van der Waals surface area contributed by atoms with E-state index in [4.69, 9.17) is 0 Å². The summed E-state index contributed by atoms with van der Waals surface area (Å²) in [4.78, 5) is 20.1. The fraction of sp³-hybridized carbons (Fsp3) is 0.619. The fourth-order valence-corrected chi connectivity index (χ4v) is 4.27. The molecule has 2 N–H and O–H groups in total. The SMILES string of the molecule is Cc1cccn2c(C(C)(C)NC(=O)[C@@H]3CN(CC4CCC4)CCN3)ncc12. The number of rotatable bonds is 5. The molecule has 4 rings (SSSR count). The molecule has 1 saturated carbocycles. The summed E-state index contributed by atoms with van der Waals surface area (Å²) in [5, 5.41) is 6.62. The molecule has 2 aromatic heterocycles. The molecule has 2 fully saturated rings. The van der Waals surface area contributed by atoms with Gasteiger partial charge >= 0.3 is 0 Å². The Morgan fingerprint density at radius 1 is 1.41 bits per heavy atom. The van der Waals surface area contributed by atoms with Crippen LogP contribution >= 0.6 is 0 Å². The largest absolute Gasteiger partial charge is 0.343 e. The molecule has 0 unspecified atom stereocenters. The Balaban J connectivity index is 1.44. The average molecular weight is 370 g/mol. The summed E-state index contributed by atoms with van der Waals surface area (Å²) >= 11 is 0. The van der Waals surface area contributed by atoms with E-state index < -0.39 is 5.54 Å². The van der Waals surface area contributed by atoms with Gasteiger partial charge in [-0.2, -0.15) is 0 Å². The molecule has 0 aromatic carbocycles. The van der Waals surface area contributed by atoms with Crippen molar-refractivity contribution in [1.29, 1.82) is 0 Å². The molecule has 1 amide bonds. The van der Waals surface area contributed by atoms with Crippen molar-refractivity contribution in [3.8, 4) is 0 Å². The number of carbonyl (C=O) groups is 1. The van der Waals surface area contributed by atoms with Crippen LogP contribution in [0.2, 0.25) is 0 Å². The molecule has 0 spiro atoms. The van der Waals surface area contributed by atoms with Gasteiger partial charge in [-0.3, -0.25) is 9.69 Å². The summed E-state index contributed by atoms with van der Waals surface area (Å²) in [7, 11) is 0. The maximum Gasteiger partial charge on any atom is 0.239 e. The number of hydrogen-bond acceptors (Lipinski definition) is 4. The number of hydrogen-bond donors (Lipinski definition) is 2. The number of aromatic nitrogens is 2. The van der Waals surface area contributed by atoms with Gasteiger partial charge in [0.2, 0.25) is 5.91 Å². The maximum atomic E-state index is 13.0. The van der Waals surface area contributed by atoms with Gasteiger partial charge in [-0.05, 0) is 51.2 Å². The lowest BCUT2D eigenvalue weighted by molar-refractivity contribution is -0.126. The van der Waals surface area contributed by atoms with Crippen molar-refractivity contribution in [3.05, 3.63) is 35.9 Å². The molecule has 2 aliphatic rings. The summed E-state index contributed by atoms with van der Waals surface area (Å²) in [6, 6.07) is 3.94. The molecule has 1 saturated heterocycles. The summed E-state index contributed by atoms with van der Waals surface area (Å²) in [5.74, 6) is 1.75. The molecule has 3 heterocycles. The Kier molecular flexibility index (Phi) is 4.95. The second-order valence-corrected chi connectivity index (χ2v) is 8.71. The average Bonchev–Trinajstić information content (AvgIpc) is 3.04. The number of imidazole rings is 1. The van der Waals surface area contributed by atoms with Crippen LogP contribution in [0.15, 0.2) is 24.5 Å². The molecule has 146 valence electrons. The van der Waals surface area contributed by atoms with Crippen LogP contribution in [0.25, 0.3) is 5.52 Å². The van der Waals surface area contributed by atoms with E-state index in [-0.39, 0.29) is 11.9 Å². The Hall–Kier alpha value is -1.92. The van der Waals surface area contributed by atoms with Crippen molar-refractivity contribution >= 4 is 11.4 Å². The van der Waals surface area contributed by atoms with Crippen LogP contribution in [0.5, 0.6) is 0 Å². The number of amides is 1. The van der Waals surface area contributed by atoms with Crippen molar-refractivity contribution < 1.29 is 4.79 Å². The molecular formula is C21H31N5O. The monoisotopic (exact) mass is 369 g/mol. The van der Waals surface area contributed by atoms with Crippen LogP contribution in [0.3, 0.4) is 0 Å². The third kappa shape index (κ3) is 3.73. The third-order valence-corrected chi connectivity index (χ3v) is 6.09. The number of nitrogens with one attached hydrogen (secondary N) is 2. The van der Waals surface area contributed by atoms with Crippen LogP contribution < -0.4 is 10.6 Å². The zero-order chi connectivity index (χ0) is 19.0. The van der Waals surface area contributed by atoms with Crippen LogP contribution in [0, 0.1) is 12.8 Å². The van der Waals surface area contributed by atoms with E-state index in [1.54, 1.807) is 0 Å². The third-order valence-electron chi connectivity index (χ3n) is 6.09. The molecular weight excluding hydrogens is 338 g/mol. The van der Waals surface area contributed by atoms with E-state index in [0.717, 1.165) is 43.4 Å². The number of carbonyl (C=O) groups excluding carboxylic acids is 1. The van der Waals surface area contributed by atoms with Gasteiger partial charge in [0.1, 0.15) is 5.82 Å². The minimum Gasteiger partial charge on any atom is -0.343 e. The van der Waals surface area contributed by atoms with Gasteiger partial charge < -0.3 is 15.0 Å². The van der Waals surface area contributed by atoms with Crippen molar-refractivity contribution in [3.63, 3.8) is 0 Å². The summed E-state index contributed by atoms with van der Waals surface area (Å²) in [6.45, 7) is 9.96. The van der Waals surface area contributed by atoms with E-state index in [1.807, 2.05) is 32.3 Å². The molecule has 27 heavy (non-hydrogen) atoms. The topological polar surface area (TPSA) is 61.7 Å². The number of pyridine rings is 1. The quantitative estimate of drug-likeness (QED) is 0.847. The first-order valence-corrected chi connectivity index (χ1v) is 10.1. The van der Waals surface area contributed by atoms with Crippen LogP contribution in [0.4, 0.5) is 0 Å². The molecule has 0 radical (unpaired) electrons. The Labute approximate surface area is 161 Å². The van der Waals surface area contributed by atoms with Gasteiger partial charge in [0.25, 0.3) is 0 Å². The van der Waals surface area contributed by atoms with Crippen molar-refractivity contribution in [2.24, 2.45) is 5.92 Å². The fourth-order valence-electron chi connectivity index (χ4n) is 4.27. The normalized spacial score (nSPS) is 22.0. The summed E-state index contributed by atoms with van der Waals surface area (Å²) in [6.07, 6.45) is 7.96. The first-order valence-electron chi connectivity index (χ1n) is 10.1. The van der Waals surface area contributed by atoms with Crippen molar-refractivity contribution in [1.82, 2.24) is 24.9 Å². The Bertz CT molecular complexity index is 823. The minimum absolute atomic E-state index is 0.0581. The molecule has 6 nitrogen and oxygen atoms in total. The highest BCUT2D eigenvalue weighted by atomic mass is 16.2. The second kappa shape index (κ2) is 7.24. The standard InChI is InChI=1S/C21H31N5O/c1-15-6-5-10-26-18(15)12-23-20(26)21(2,3)24-19(27)17-14-25(11-9-22-17)13-16-7-4-8-16/h5-6,10,12,16-17,22H,4,7-9,11,13-14H2,1-3H3,(H,24,27)/t17-/m0/s1. The van der Waals surface area contributed by atoms with Crippen molar-refractivity contribution in [2.45, 2.75) is 51.6 Å². The minimum atomic E-state index is -0.546. The Morgan fingerprint density at radius 2 is 2.22 bits per heavy atom. The highest BCUT2D eigenvalue weighted by molar-refractivity contribution is 5.83. The first-order chi connectivity index (χ1) is 12.9. The van der Waals surface area contributed by atoms with E-state index in [0.29, 0.717) is 0 Å². The van der Waals surface area contributed by atoms with Gasteiger partial charge in [-0.1, -0.05) is 12.5 Å². The van der Waals surface area contributed by atoms with Crippen molar-refractivity contribution in [2.75, 3.05) is 26.2 Å². The van der Waals surface area contributed by atoms with Crippen LogP contribution in [-0.4, -0.2) is 52.4 Å². The van der Waals surface area contributed by atoms with Gasteiger partial charge in [0.05, 0.1) is 23.3 Å². The molecule has 2 aromatic rings. The van der Waals surface area contributed by atoms with Crippen LogP contribution in [0.1, 0.15) is 44.5 Å². The highest BCUT2D eigenvalue weighted by Crippen LogP contribution is 2.27. The number of aryl methyl sites for hydroxylation is 1. The maximum absolute atomic E-state index is 13.0. The molecule has 6 heteroatoms. The summed E-state index contributed by atoms with van der Waals surface area (Å²) in [5.41, 5.74) is 1.71. The van der Waals surface area contributed by atoms with E-state index in [1.165, 1.54) is 24.8 Å². The molecule has 1 aliphatic heterocycles. The highest BCUT2D eigenvalue weighted by Gasteiger charge is 2.33. The van der Waals surface area contributed by atoms with Gasteiger partial charge in [0.15, 0.2) is 0 Å². The first kappa shape index (κ1) is 18.4. The molecule has 1 aliphatic carbocycles. The van der Waals surface area contributed by atoms with Crippen LogP contribution in [-0.2, 0) is 10.3 Å². The number of piperazine rings is 1. The van der Waals surface area contributed by atoms with E-state index in [2.05, 4.69) is 37.9 Å². The second-order valence-electron chi connectivity index (χ2n) is 8.71. The number of fused-ring (bicyclic) bond motifs is 1. The predicted molar refractivity (Wildman–Crippen MR) is 107 cm³/mol. The predicted octanol–water partition coefficient (Wildman–Crippen LogP) is 2.07. The lowest BCUT2D eigenvalue weighted by atomic mass is 9.85. The lowest BCUT2D eigenvalue weighted by Gasteiger charge is -2.38. The zero-order valence-corrected chi connectivity index (χ0v) is 16.7. The van der Waals surface area contributed by atoms with E-state index in [9.17, 15) is 4.79 Å². The van der Waals surface area contributed by atoms with E-state index >= 15 is 0 Å².